The van der Waals surface area contributed by atoms with Gasteiger partial charge in [0.2, 0.25) is 0 Å². The molecule has 3 atom stereocenters. The summed E-state index contributed by atoms with van der Waals surface area (Å²) >= 11 is 0. The molecule has 3 heteroatoms. The molecule has 1 saturated carbocycles. The summed E-state index contributed by atoms with van der Waals surface area (Å²) in [6.45, 7) is 6.34. The van der Waals surface area contributed by atoms with Crippen LogP contribution in [-0.4, -0.2) is 13.1 Å². The van der Waals surface area contributed by atoms with Crippen molar-refractivity contribution < 1.29 is 8.78 Å². The van der Waals surface area contributed by atoms with Gasteiger partial charge in [-0.2, -0.15) is 0 Å². The molecule has 1 aromatic carbocycles. The Morgan fingerprint density at radius 2 is 1.90 bits per heavy atom. The maximum absolute atomic E-state index is 14.2. The minimum atomic E-state index is -0.749. The third-order valence-electron chi connectivity index (χ3n) is 5.06. The second-order valence-electron chi connectivity index (χ2n) is 6.74. The van der Waals surface area contributed by atoms with E-state index in [-0.39, 0.29) is 5.41 Å². The average Bonchev–Trinajstić information content (AvgIpc) is 2.41. The van der Waals surface area contributed by atoms with Crippen molar-refractivity contribution in [1.82, 2.24) is 5.32 Å². The summed E-state index contributed by atoms with van der Waals surface area (Å²) in [5.41, 5.74) is 0.123. The molecule has 112 valence electrons. The van der Waals surface area contributed by atoms with E-state index in [1.54, 1.807) is 12.1 Å². The van der Waals surface area contributed by atoms with Crippen LogP contribution in [0.4, 0.5) is 8.78 Å². The Bertz CT molecular complexity index is 470. The lowest BCUT2D eigenvalue weighted by molar-refractivity contribution is 0.148. The van der Waals surface area contributed by atoms with E-state index in [1.165, 1.54) is 6.07 Å². The van der Waals surface area contributed by atoms with E-state index >= 15 is 0 Å². The van der Waals surface area contributed by atoms with Gasteiger partial charge in [0, 0.05) is 6.04 Å². The highest BCUT2D eigenvalue weighted by Gasteiger charge is 2.40. The third-order valence-corrected chi connectivity index (χ3v) is 5.06. The molecule has 1 aromatic rings. The van der Waals surface area contributed by atoms with E-state index in [0.717, 1.165) is 19.3 Å². The van der Waals surface area contributed by atoms with Crippen molar-refractivity contribution in [3.8, 4) is 0 Å². The molecule has 1 aliphatic carbocycles. The summed E-state index contributed by atoms with van der Waals surface area (Å²) in [6.07, 6.45) is 3.31. The monoisotopic (exact) mass is 281 g/mol. The van der Waals surface area contributed by atoms with Crippen LogP contribution in [-0.2, 0) is 5.41 Å². The van der Waals surface area contributed by atoms with Crippen molar-refractivity contribution >= 4 is 0 Å². The zero-order valence-electron chi connectivity index (χ0n) is 12.8. The zero-order chi connectivity index (χ0) is 14.9. The van der Waals surface area contributed by atoms with Gasteiger partial charge in [0.1, 0.15) is 0 Å². The van der Waals surface area contributed by atoms with Gasteiger partial charge in [-0.25, -0.2) is 8.78 Å². The van der Waals surface area contributed by atoms with Crippen LogP contribution in [0.25, 0.3) is 0 Å². The van der Waals surface area contributed by atoms with Crippen LogP contribution in [0.1, 0.15) is 45.6 Å². The first-order valence-corrected chi connectivity index (χ1v) is 7.49. The highest BCUT2D eigenvalue weighted by molar-refractivity contribution is 5.28. The summed E-state index contributed by atoms with van der Waals surface area (Å²) in [5, 5.41) is 3.38. The molecule has 1 N–H and O–H groups in total. The summed E-state index contributed by atoms with van der Waals surface area (Å²) in [5.74, 6) is -0.427. The minimum Gasteiger partial charge on any atom is -0.317 e. The fourth-order valence-corrected chi connectivity index (χ4v) is 3.76. The van der Waals surface area contributed by atoms with Crippen LogP contribution >= 0.6 is 0 Å². The quantitative estimate of drug-likeness (QED) is 0.872. The number of halogens is 2. The van der Waals surface area contributed by atoms with Gasteiger partial charge in [-0.1, -0.05) is 39.3 Å². The average molecular weight is 281 g/mol. The minimum absolute atomic E-state index is 0.319. The Balaban J connectivity index is 2.35. The number of hydrogen-bond acceptors (Lipinski definition) is 1. The predicted molar refractivity (Wildman–Crippen MR) is 78.7 cm³/mol. The molecule has 20 heavy (non-hydrogen) atoms. The van der Waals surface area contributed by atoms with Gasteiger partial charge in [0.25, 0.3) is 0 Å². The van der Waals surface area contributed by atoms with E-state index in [1.807, 2.05) is 20.9 Å². The Hall–Kier alpha value is -0.960. The number of nitrogens with one attached hydrogen (secondary N) is 1. The van der Waals surface area contributed by atoms with Gasteiger partial charge >= 0.3 is 0 Å². The van der Waals surface area contributed by atoms with Gasteiger partial charge in [-0.3, -0.25) is 0 Å². The molecule has 1 nitrogen and oxygen atoms in total. The third kappa shape index (κ3) is 2.73. The number of rotatable bonds is 3. The van der Waals surface area contributed by atoms with Crippen LogP contribution in [0.15, 0.2) is 18.2 Å². The molecule has 0 saturated heterocycles. The zero-order valence-corrected chi connectivity index (χ0v) is 12.8. The van der Waals surface area contributed by atoms with Gasteiger partial charge in [-0.15, -0.1) is 0 Å². The van der Waals surface area contributed by atoms with Crippen molar-refractivity contribution in [2.24, 2.45) is 11.8 Å². The highest BCUT2D eigenvalue weighted by Crippen LogP contribution is 2.43. The van der Waals surface area contributed by atoms with Crippen molar-refractivity contribution in [3.05, 3.63) is 35.4 Å². The second kappa shape index (κ2) is 5.80. The Morgan fingerprint density at radius 1 is 1.20 bits per heavy atom. The molecule has 1 aliphatic rings. The van der Waals surface area contributed by atoms with Gasteiger partial charge in [0.15, 0.2) is 11.6 Å². The standard InChI is InChI=1S/C17H25F2N/c1-11-8-9-12(15(10-11)20-4)17(2,3)13-6-5-7-14(18)16(13)19/h5-7,11-12,15,20H,8-10H2,1-4H3. The maximum atomic E-state index is 14.2. The van der Waals surface area contributed by atoms with Crippen molar-refractivity contribution in [2.45, 2.75) is 51.5 Å². The summed E-state index contributed by atoms with van der Waals surface area (Å²) in [4.78, 5) is 0. The van der Waals surface area contributed by atoms with Gasteiger partial charge < -0.3 is 5.32 Å². The van der Waals surface area contributed by atoms with E-state index in [0.29, 0.717) is 23.4 Å². The maximum Gasteiger partial charge on any atom is 0.162 e. The van der Waals surface area contributed by atoms with Gasteiger partial charge in [0.05, 0.1) is 0 Å². The van der Waals surface area contributed by atoms with E-state index in [9.17, 15) is 8.78 Å². The number of hydrogen-bond donors (Lipinski definition) is 1. The summed E-state index contributed by atoms with van der Waals surface area (Å²) < 4.78 is 27.7. The molecular formula is C17H25F2N. The largest absolute Gasteiger partial charge is 0.317 e. The normalized spacial score (nSPS) is 27.6. The van der Waals surface area contributed by atoms with E-state index < -0.39 is 11.6 Å². The fourth-order valence-electron chi connectivity index (χ4n) is 3.76. The molecule has 0 aliphatic heterocycles. The summed E-state index contributed by atoms with van der Waals surface area (Å²) in [7, 11) is 1.97. The van der Waals surface area contributed by atoms with Crippen molar-refractivity contribution in [1.29, 1.82) is 0 Å². The Labute approximate surface area is 120 Å². The first-order valence-electron chi connectivity index (χ1n) is 7.49. The van der Waals surface area contributed by atoms with Crippen molar-refractivity contribution in [3.63, 3.8) is 0 Å². The highest BCUT2D eigenvalue weighted by atomic mass is 19.2. The molecule has 0 amide bonds. The van der Waals surface area contributed by atoms with Crippen LogP contribution in [0.5, 0.6) is 0 Å². The first-order chi connectivity index (χ1) is 9.37. The second-order valence-corrected chi connectivity index (χ2v) is 6.74. The lowest BCUT2D eigenvalue weighted by Gasteiger charge is -2.44. The topological polar surface area (TPSA) is 12.0 Å². The van der Waals surface area contributed by atoms with Gasteiger partial charge in [-0.05, 0) is 48.8 Å². The lowest BCUT2D eigenvalue weighted by atomic mass is 9.63. The molecular weight excluding hydrogens is 256 g/mol. The Morgan fingerprint density at radius 3 is 2.55 bits per heavy atom. The van der Waals surface area contributed by atoms with Crippen LogP contribution < -0.4 is 5.32 Å². The van der Waals surface area contributed by atoms with Crippen LogP contribution in [0.2, 0.25) is 0 Å². The van der Waals surface area contributed by atoms with E-state index in [4.69, 9.17) is 0 Å². The molecule has 0 aromatic heterocycles. The molecule has 0 bridgehead atoms. The molecule has 0 heterocycles. The molecule has 0 radical (unpaired) electrons. The molecule has 3 unspecified atom stereocenters. The van der Waals surface area contributed by atoms with Crippen molar-refractivity contribution in [2.75, 3.05) is 7.05 Å². The summed E-state index contributed by atoms with van der Waals surface area (Å²) in [6, 6.07) is 4.88. The smallest absolute Gasteiger partial charge is 0.162 e. The van der Waals surface area contributed by atoms with E-state index in [2.05, 4.69) is 12.2 Å². The SMILES string of the molecule is CNC1CC(C)CCC1C(C)(C)c1cccc(F)c1F. The molecule has 1 fully saturated rings. The van der Waals surface area contributed by atoms with Crippen LogP contribution in [0, 0.1) is 23.5 Å². The first kappa shape index (κ1) is 15.4. The number of benzene rings is 1. The Kier molecular flexibility index (Phi) is 4.48. The molecule has 2 rings (SSSR count). The molecule has 0 spiro atoms. The van der Waals surface area contributed by atoms with Crippen LogP contribution in [0.3, 0.4) is 0 Å². The fraction of sp³-hybridized carbons (Fsp3) is 0.647. The predicted octanol–water partition coefficient (Wildman–Crippen LogP) is 4.27. The lowest BCUT2D eigenvalue weighted by Crippen LogP contribution is -2.47.